The van der Waals surface area contributed by atoms with Gasteiger partial charge in [0.2, 0.25) is 0 Å². The molecule has 2 saturated heterocycles. The van der Waals surface area contributed by atoms with E-state index in [0.29, 0.717) is 0 Å². The molecule has 3 rings (SSSR count). The molecule has 0 atom stereocenters. The Bertz CT molecular complexity index is 189. The smallest absolute Gasteiger partial charge is 0.0591 e. The Balaban J connectivity index is 0.000000135. The molecule has 18 heavy (non-hydrogen) atoms. The van der Waals surface area contributed by atoms with E-state index in [1.165, 1.54) is 32.4 Å². The maximum absolute atomic E-state index is 5.01. The normalized spacial score (nSPS) is 18.7. The monoisotopic (exact) mass is 252 g/mol. The van der Waals surface area contributed by atoms with E-state index in [1.54, 1.807) is 24.8 Å². The summed E-state index contributed by atoms with van der Waals surface area (Å²) in [5.74, 6) is 0. The summed E-state index contributed by atoms with van der Waals surface area (Å²) in [6.45, 7) is 6.33. The lowest BCUT2D eigenvalue weighted by molar-refractivity contribution is 0.109. The average molecular weight is 252 g/mol. The summed E-state index contributed by atoms with van der Waals surface area (Å²) in [6, 6.07) is 0. The van der Waals surface area contributed by atoms with Crippen LogP contribution < -0.4 is 10.6 Å². The van der Waals surface area contributed by atoms with Crippen LogP contribution in [0.3, 0.4) is 0 Å². The lowest BCUT2D eigenvalue weighted by Crippen LogP contribution is -2.30. The Morgan fingerprint density at radius 3 is 1.33 bits per heavy atom. The van der Waals surface area contributed by atoms with Gasteiger partial charge in [0.15, 0.2) is 0 Å². The number of hydrogen-bond donors (Lipinski definition) is 2. The third-order valence-electron chi connectivity index (χ3n) is 2.53. The van der Waals surface area contributed by atoms with Gasteiger partial charge in [0, 0.05) is 37.9 Å². The van der Waals surface area contributed by atoms with E-state index in [2.05, 4.69) is 20.6 Å². The van der Waals surface area contributed by atoms with Crippen molar-refractivity contribution in [2.24, 2.45) is 0 Å². The Hall–Kier alpha value is -1.04. The van der Waals surface area contributed by atoms with E-state index in [-0.39, 0.29) is 0 Å². The Labute approximate surface area is 109 Å². The van der Waals surface area contributed by atoms with E-state index >= 15 is 0 Å². The molecule has 2 aliphatic heterocycles. The SMILES string of the molecule is C1CCNCC1.C1COCCN1.c1cnccn1. The molecule has 2 aliphatic rings. The van der Waals surface area contributed by atoms with E-state index in [1.807, 2.05) is 0 Å². The molecule has 0 spiro atoms. The van der Waals surface area contributed by atoms with Gasteiger partial charge in [0.25, 0.3) is 0 Å². The molecule has 1 aromatic heterocycles. The second kappa shape index (κ2) is 12.4. The largest absolute Gasteiger partial charge is 0.379 e. The lowest BCUT2D eigenvalue weighted by atomic mass is 10.2. The zero-order valence-corrected chi connectivity index (χ0v) is 11.0. The number of nitrogens with one attached hydrogen (secondary N) is 2. The first kappa shape index (κ1) is 15.0. The van der Waals surface area contributed by atoms with E-state index in [4.69, 9.17) is 4.74 Å². The summed E-state index contributed by atoms with van der Waals surface area (Å²) in [7, 11) is 0. The summed E-state index contributed by atoms with van der Waals surface area (Å²) >= 11 is 0. The third-order valence-corrected chi connectivity index (χ3v) is 2.53. The van der Waals surface area contributed by atoms with E-state index < -0.39 is 0 Å². The van der Waals surface area contributed by atoms with Crippen LogP contribution in [-0.4, -0.2) is 49.4 Å². The number of piperidine rings is 1. The van der Waals surface area contributed by atoms with Gasteiger partial charge in [-0.3, -0.25) is 9.97 Å². The second-order valence-electron chi connectivity index (χ2n) is 4.07. The number of hydrogen-bond acceptors (Lipinski definition) is 5. The summed E-state index contributed by atoms with van der Waals surface area (Å²) in [4.78, 5) is 7.44. The fraction of sp³-hybridized carbons (Fsp3) is 0.692. The zero-order chi connectivity index (χ0) is 12.7. The van der Waals surface area contributed by atoms with Crippen LogP contribution in [0.1, 0.15) is 19.3 Å². The number of aromatic nitrogens is 2. The van der Waals surface area contributed by atoms with Gasteiger partial charge in [-0.15, -0.1) is 0 Å². The minimum absolute atomic E-state index is 0.889. The van der Waals surface area contributed by atoms with E-state index in [9.17, 15) is 0 Å². The molecule has 0 saturated carbocycles. The van der Waals surface area contributed by atoms with Crippen molar-refractivity contribution in [3.05, 3.63) is 24.8 Å². The van der Waals surface area contributed by atoms with Crippen molar-refractivity contribution in [3.8, 4) is 0 Å². The van der Waals surface area contributed by atoms with Crippen LogP contribution in [0.4, 0.5) is 0 Å². The maximum atomic E-state index is 5.01. The van der Waals surface area contributed by atoms with Crippen molar-refractivity contribution in [3.63, 3.8) is 0 Å². The number of morpholine rings is 1. The summed E-state index contributed by atoms with van der Waals surface area (Å²) < 4.78 is 5.01. The molecule has 2 N–H and O–H groups in total. The average Bonchev–Trinajstić information content (AvgIpc) is 2.54. The minimum Gasteiger partial charge on any atom is -0.379 e. The van der Waals surface area contributed by atoms with Crippen molar-refractivity contribution in [2.45, 2.75) is 19.3 Å². The van der Waals surface area contributed by atoms with Gasteiger partial charge >= 0.3 is 0 Å². The summed E-state index contributed by atoms with van der Waals surface area (Å²) in [6.07, 6.45) is 10.8. The first-order chi connectivity index (χ1) is 9.00. The van der Waals surface area contributed by atoms with Crippen LogP contribution in [-0.2, 0) is 4.74 Å². The Kier molecular flexibility index (Phi) is 10.4. The fourth-order valence-corrected chi connectivity index (χ4v) is 1.57. The molecule has 1 aromatic rings. The second-order valence-corrected chi connectivity index (χ2v) is 4.07. The van der Waals surface area contributed by atoms with Gasteiger partial charge in [-0.05, 0) is 25.9 Å². The summed E-state index contributed by atoms with van der Waals surface area (Å²) in [5, 5.41) is 6.44. The van der Waals surface area contributed by atoms with Gasteiger partial charge in [-0.25, -0.2) is 0 Å². The highest BCUT2D eigenvalue weighted by Crippen LogP contribution is 1.96. The predicted molar refractivity (Wildman–Crippen MR) is 72.4 cm³/mol. The molecule has 0 aromatic carbocycles. The van der Waals surface area contributed by atoms with Crippen molar-refractivity contribution in [2.75, 3.05) is 39.4 Å². The molecule has 0 radical (unpaired) electrons. The van der Waals surface area contributed by atoms with Gasteiger partial charge in [-0.2, -0.15) is 0 Å². The van der Waals surface area contributed by atoms with Gasteiger partial charge in [0.1, 0.15) is 0 Å². The molecule has 5 heteroatoms. The van der Waals surface area contributed by atoms with Crippen molar-refractivity contribution < 1.29 is 4.74 Å². The quantitative estimate of drug-likeness (QED) is 0.716. The number of nitrogens with zero attached hydrogens (tertiary/aromatic N) is 2. The molecule has 0 unspecified atom stereocenters. The van der Waals surface area contributed by atoms with Crippen LogP contribution in [0.2, 0.25) is 0 Å². The zero-order valence-electron chi connectivity index (χ0n) is 11.0. The number of rotatable bonds is 0. The van der Waals surface area contributed by atoms with Crippen molar-refractivity contribution in [1.82, 2.24) is 20.6 Å². The van der Waals surface area contributed by atoms with Crippen LogP contribution >= 0.6 is 0 Å². The molecule has 0 amide bonds. The topological polar surface area (TPSA) is 59.1 Å². The van der Waals surface area contributed by atoms with Gasteiger partial charge in [-0.1, -0.05) is 6.42 Å². The molecule has 0 bridgehead atoms. The van der Waals surface area contributed by atoms with Gasteiger partial charge < -0.3 is 15.4 Å². The Morgan fingerprint density at radius 1 is 0.667 bits per heavy atom. The summed E-state index contributed by atoms with van der Waals surface area (Å²) in [5.41, 5.74) is 0. The highest BCUT2D eigenvalue weighted by atomic mass is 16.5. The fourth-order valence-electron chi connectivity index (χ4n) is 1.57. The first-order valence-electron chi connectivity index (χ1n) is 6.69. The number of ether oxygens (including phenoxy) is 1. The molecular formula is C13H24N4O. The van der Waals surface area contributed by atoms with Crippen LogP contribution in [0.15, 0.2) is 24.8 Å². The van der Waals surface area contributed by atoms with Crippen LogP contribution in [0, 0.1) is 0 Å². The first-order valence-corrected chi connectivity index (χ1v) is 6.69. The molecule has 3 heterocycles. The third kappa shape index (κ3) is 10.1. The Morgan fingerprint density at radius 2 is 1.17 bits per heavy atom. The van der Waals surface area contributed by atoms with Crippen molar-refractivity contribution >= 4 is 0 Å². The molecule has 0 aliphatic carbocycles. The van der Waals surface area contributed by atoms with Gasteiger partial charge in [0.05, 0.1) is 13.2 Å². The van der Waals surface area contributed by atoms with Crippen molar-refractivity contribution in [1.29, 1.82) is 0 Å². The molecule has 5 nitrogen and oxygen atoms in total. The molecular weight excluding hydrogens is 228 g/mol. The van der Waals surface area contributed by atoms with Crippen LogP contribution in [0.5, 0.6) is 0 Å². The van der Waals surface area contributed by atoms with E-state index in [0.717, 1.165) is 26.3 Å². The lowest BCUT2D eigenvalue weighted by Gasteiger charge is -2.10. The highest BCUT2D eigenvalue weighted by molar-refractivity contribution is 4.70. The molecule has 2 fully saturated rings. The van der Waals surface area contributed by atoms with Crippen LogP contribution in [0.25, 0.3) is 0 Å². The maximum Gasteiger partial charge on any atom is 0.0591 e. The molecule has 102 valence electrons. The standard InChI is InChI=1S/C5H11N.C4H4N2.C4H9NO/c1-2-4-6-5-3-1;1-2-6-4-3-5-1;1-3-6-4-2-5-1/h6H,1-5H2;1-4H;5H,1-4H2. The highest BCUT2D eigenvalue weighted by Gasteiger charge is 1.94. The predicted octanol–water partition coefficient (Wildman–Crippen LogP) is 0.843. The minimum atomic E-state index is 0.889.